The first kappa shape index (κ1) is 64.1. The predicted molar refractivity (Wildman–Crippen MR) is 305 cm³/mol. The van der Waals surface area contributed by atoms with Gasteiger partial charge in [0.05, 0.1) is 85.2 Å². The third-order valence-corrected chi connectivity index (χ3v) is 16.2. The largest absolute Gasteiger partial charge is 0.394 e. The quantitative estimate of drug-likeness (QED) is 0.0311. The summed E-state index contributed by atoms with van der Waals surface area (Å²) in [5.41, 5.74) is 12.6. The van der Waals surface area contributed by atoms with E-state index >= 15 is 0 Å². The SMILES string of the molecule is C.N[C@@H](CSc1ccccc1)[C@@H](O)CO.N[C@@H](CSc1ccccc1)[C@H](O)CO.O=C1c2ccccc2C(=O)N1[C@@H](CSc1ccccc1)[C@@H](O)CO.O=C1c2ccccc2C(=O)N1[C@@H](CSc1ccccc1)[C@H](O)CO. The molecule has 8 atom stereocenters. The summed E-state index contributed by atoms with van der Waals surface area (Å²) in [5, 5.41) is 74.8. The van der Waals surface area contributed by atoms with Gasteiger partial charge in [-0.3, -0.25) is 29.0 Å². The third kappa shape index (κ3) is 18.9. The van der Waals surface area contributed by atoms with E-state index < -0.39 is 73.3 Å². The fourth-order valence-electron chi connectivity index (χ4n) is 7.28. The Bertz CT molecular complexity index is 2450. The Balaban J connectivity index is 0.000000228. The summed E-state index contributed by atoms with van der Waals surface area (Å²) in [6.45, 7) is -1.60. The summed E-state index contributed by atoms with van der Waals surface area (Å²) in [4.78, 5) is 56.6. The smallest absolute Gasteiger partial charge is 0.261 e. The number of nitrogens with two attached hydrogens (primary N) is 2. The van der Waals surface area contributed by atoms with Gasteiger partial charge in [0.1, 0.15) is 0 Å². The molecule has 412 valence electrons. The van der Waals surface area contributed by atoms with Crippen molar-refractivity contribution in [1.29, 1.82) is 0 Å². The van der Waals surface area contributed by atoms with Gasteiger partial charge in [0.25, 0.3) is 23.6 Å². The van der Waals surface area contributed by atoms with Crippen molar-refractivity contribution < 1.29 is 60.0 Å². The maximum Gasteiger partial charge on any atom is 0.261 e. The van der Waals surface area contributed by atoms with Crippen LogP contribution in [0.5, 0.6) is 0 Å². The lowest BCUT2D eigenvalue weighted by Crippen LogP contribution is -2.49. The van der Waals surface area contributed by atoms with E-state index in [-0.39, 0.29) is 32.7 Å². The number of fused-ring (bicyclic) bond motifs is 2. The molecule has 20 heteroatoms. The molecule has 0 radical (unpaired) electrons. The Morgan fingerprint density at radius 3 is 0.766 bits per heavy atom. The molecule has 6 aromatic rings. The normalized spacial score (nSPS) is 15.6. The molecule has 0 aromatic heterocycles. The highest BCUT2D eigenvalue weighted by molar-refractivity contribution is 8.00. The van der Waals surface area contributed by atoms with E-state index in [1.165, 1.54) is 23.5 Å². The average Bonchev–Trinajstić information content (AvgIpc) is 3.92. The van der Waals surface area contributed by atoms with E-state index in [1.807, 2.05) is 121 Å². The summed E-state index contributed by atoms with van der Waals surface area (Å²) in [5.74, 6) is 0.0957. The van der Waals surface area contributed by atoms with Crippen molar-refractivity contribution in [2.45, 2.75) is 75.6 Å². The van der Waals surface area contributed by atoms with Crippen LogP contribution >= 0.6 is 47.0 Å². The highest BCUT2D eigenvalue weighted by Crippen LogP contribution is 2.31. The van der Waals surface area contributed by atoms with Crippen LogP contribution < -0.4 is 11.5 Å². The van der Waals surface area contributed by atoms with E-state index in [9.17, 15) is 49.8 Å². The van der Waals surface area contributed by atoms with Gasteiger partial charge in [-0.15, -0.1) is 47.0 Å². The Labute approximate surface area is 466 Å². The summed E-state index contributed by atoms with van der Waals surface area (Å²) in [6, 6.07) is 49.5. The van der Waals surface area contributed by atoms with Gasteiger partial charge >= 0.3 is 0 Å². The third-order valence-electron chi connectivity index (χ3n) is 11.6. The van der Waals surface area contributed by atoms with Crippen LogP contribution in [0.25, 0.3) is 0 Å². The molecule has 12 N–H and O–H groups in total. The standard InChI is InChI=1S/2C18H17NO4S.2C10H15NO2S.CH4/c2*20-10-16(21)15(11-24-12-6-2-1-3-7-12)19-17(22)13-8-4-5-9-14(13)18(19)23;2*11-9(10(13)6-12)7-14-8-4-2-1-3-5-8;/h2*1-9,15-16,20-21H,10-11H2;2*1-5,9-10,12-13H,6-7,11H2;1H4/t15-,16+;15-,16-;9-,10+;9-,10-;/m0000./s1. The number of benzene rings is 6. The van der Waals surface area contributed by atoms with Gasteiger partial charge < -0.3 is 52.3 Å². The lowest BCUT2D eigenvalue weighted by molar-refractivity contribution is 0.0202. The van der Waals surface area contributed by atoms with Crippen molar-refractivity contribution in [3.8, 4) is 0 Å². The molecule has 0 saturated carbocycles. The van der Waals surface area contributed by atoms with Crippen LogP contribution in [-0.2, 0) is 0 Å². The van der Waals surface area contributed by atoms with Gasteiger partial charge in [0.2, 0.25) is 0 Å². The number of imide groups is 2. The lowest BCUT2D eigenvalue weighted by atomic mass is 10.1. The van der Waals surface area contributed by atoms with Gasteiger partial charge in [0, 0.05) is 54.7 Å². The molecule has 0 saturated heterocycles. The number of aliphatic hydroxyl groups excluding tert-OH is 8. The van der Waals surface area contributed by atoms with Gasteiger partial charge in [0.15, 0.2) is 0 Å². The van der Waals surface area contributed by atoms with Crippen LogP contribution in [0.15, 0.2) is 189 Å². The summed E-state index contributed by atoms with van der Waals surface area (Å²) < 4.78 is 0. The van der Waals surface area contributed by atoms with E-state index in [0.29, 0.717) is 45.3 Å². The van der Waals surface area contributed by atoms with Crippen LogP contribution in [0.1, 0.15) is 48.9 Å². The molecular weight excluding hydrogens is 1060 g/mol. The highest BCUT2D eigenvalue weighted by atomic mass is 32.2. The average molecular weight is 1130 g/mol. The number of hydrogen-bond acceptors (Lipinski definition) is 18. The zero-order valence-electron chi connectivity index (χ0n) is 41.3. The second-order valence-corrected chi connectivity index (χ2v) is 21.4. The second-order valence-electron chi connectivity index (χ2n) is 17.0. The van der Waals surface area contributed by atoms with Gasteiger partial charge in [-0.25, -0.2) is 0 Å². The molecule has 2 aliphatic rings. The summed E-state index contributed by atoms with van der Waals surface area (Å²) >= 11 is 6.00. The first-order valence-electron chi connectivity index (χ1n) is 24.1. The monoisotopic (exact) mass is 1130 g/mol. The van der Waals surface area contributed by atoms with Crippen LogP contribution in [-0.4, -0.2) is 172 Å². The number of hydrogen-bond donors (Lipinski definition) is 10. The molecule has 0 bridgehead atoms. The van der Waals surface area contributed by atoms with Crippen LogP contribution in [0.4, 0.5) is 0 Å². The van der Waals surface area contributed by atoms with Crippen LogP contribution in [0, 0.1) is 0 Å². The Kier molecular flexibility index (Phi) is 28.1. The number of carbonyl (C=O) groups is 4. The van der Waals surface area contributed by atoms with Crippen molar-refractivity contribution in [2.24, 2.45) is 11.5 Å². The zero-order chi connectivity index (χ0) is 55.0. The zero-order valence-corrected chi connectivity index (χ0v) is 44.6. The number of carbonyl (C=O) groups excluding carboxylic acids is 4. The maximum atomic E-state index is 12.6. The van der Waals surface area contributed by atoms with E-state index in [4.69, 9.17) is 21.7 Å². The van der Waals surface area contributed by atoms with E-state index in [0.717, 1.165) is 29.4 Å². The minimum atomic E-state index is -1.19. The molecule has 77 heavy (non-hydrogen) atoms. The van der Waals surface area contributed by atoms with Gasteiger partial charge in [-0.1, -0.05) is 104 Å². The predicted octanol–water partition coefficient (Wildman–Crippen LogP) is 5.15. The summed E-state index contributed by atoms with van der Waals surface area (Å²) in [6.07, 6.45) is -4.04. The maximum absolute atomic E-state index is 12.6. The molecule has 16 nitrogen and oxygen atoms in total. The van der Waals surface area contributed by atoms with E-state index in [2.05, 4.69) is 0 Å². The van der Waals surface area contributed by atoms with E-state index in [1.54, 1.807) is 72.1 Å². The first-order chi connectivity index (χ1) is 36.7. The molecule has 0 spiro atoms. The van der Waals surface area contributed by atoms with Crippen molar-refractivity contribution in [2.75, 3.05) is 49.4 Å². The molecule has 0 aliphatic carbocycles. The minimum Gasteiger partial charge on any atom is -0.394 e. The first-order valence-corrected chi connectivity index (χ1v) is 28.0. The molecule has 0 unspecified atom stereocenters. The van der Waals surface area contributed by atoms with Crippen LogP contribution in [0.3, 0.4) is 0 Å². The molecule has 2 heterocycles. The molecule has 8 rings (SSSR count). The van der Waals surface area contributed by atoms with Crippen molar-refractivity contribution in [3.05, 3.63) is 192 Å². The highest BCUT2D eigenvalue weighted by Gasteiger charge is 2.43. The van der Waals surface area contributed by atoms with Crippen LogP contribution in [0.2, 0.25) is 0 Å². The van der Waals surface area contributed by atoms with Crippen molar-refractivity contribution >= 4 is 70.7 Å². The minimum absolute atomic E-state index is 0. The molecule has 4 amide bonds. The summed E-state index contributed by atoms with van der Waals surface area (Å²) in [7, 11) is 0. The lowest BCUT2D eigenvalue weighted by Gasteiger charge is -2.29. The second kappa shape index (κ2) is 33.8. The fraction of sp³-hybridized carbons (Fsp3) is 0.298. The molecule has 0 fully saturated rings. The Morgan fingerprint density at radius 2 is 0.545 bits per heavy atom. The van der Waals surface area contributed by atoms with Crippen molar-refractivity contribution in [3.63, 3.8) is 0 Å². The van der Waals surface area contributed by atoms with Gasteiger partial charge in [-0.05, 0) is 72.8 Å². The molecule has 6 aromatic carbocycles. The van der Waals surface area contributed by atoms with Crippen molar-refractivity contribution in [1.82, 2.24) is 9.80 Å². The van der Waals surface area contributed by atoms with Gasteiger partial charge in [-0.2, -0.15) is 0 Å². The number of amides is 4. The molecular formula is C57H68N4O12S4. The molecule has 2 aliphatic heterocycles. The number of rotatable bonds is 22. The Morgan fingerprint density at radius 1 is 0.338 bits per heavy atom. The number of thioether (sulfide) groups is 4. The topological polar surface area (TPSA) is 289 Å². The number of aliphatic hydroxyl groups is 8. The Hall–Kier alpha value is -5.40. The fourth-order valence-corrected chi connectivity index (χ4v) is 11.4. The number of nitrogens with zero attached hydrogens (tertiary/aromatic N) is 2.